The highest BCUT2D eigenvalue weighted by Crippen LogP contribution is 2.25. The molecule has 0 spiro atoms. The van der Waals surface area contributed by atoms with Crippen LogP contribution in [-0.4, -0.2) is 54.5 Å². The Morgan fingerprint density at radius 2 is 1.73 bits per heavy atom. The number of nitrogens with one attached hydrogen (secondary N) is 1. The molecule has 1 amide bonds. The fourth-order valence-electron chi connectivity index (χ4n) is 4.04. The summed E-state index contributed by atoms with van der Waals surface area (Å²) < 4.78 is 6.40. The molecule has 0 fully saturated rings. The molecule has 7 nitrogen and oxygen atoms in total. The van der Waals surface area contributed by atoms with Crippen molar-refractivity contribution >= 4 is 17.5 Å². The summed E-state index contributed by atoms with van der Waals surface area (Å²) in [5.74, 6) is 0.443. The van der Waals surface area contributed by atoms with E-state index in [9.17, 15) is 4.79 Å². The Morgan fingerprint density at radius 3 is 2.33 bits per heavy atom. The molecule has 0 saturated heterocycles. The molecule has 1 heterocycles. The maximum Gasteiger partial charge on any atom is 0.261 e. The molecule has 1 atom stereocenters. The molecule has 0 aliphatic rings. The quantitative estimate of drug-likeness (QED) is 0.231. The van der Waals surface area contributed by atoms with E-state index < -0.39 is 0 Å². The van der Waals surface area contributed by atoms with Gasteiger partial charge in [0.15, 0.2) is 0 Å². The molecule has 2 aromatic carbocycles. The van der Waals surface area contributed by atoms with Crippen LogP contribution in [0.4, 0.5) is 11.6 Å². The van der Waals surface area contributed by atoms with Gasteiger partial charge in [0.05, 0.1) is 24.0 Å². The normalized spacial score (nSPS) is 10.9. The van der Waals surface area contributed by atoms with Gasteiger partial charge >= 0.3 is 0 Å². The highest BCUT2D eigenvalue weighted by Gasteiger charge is 2.21. The summed E-state index contributed by atoms with van der Waals surface area (Å²) in [6.07, 6.45) is 3.36. The lowest BCUT2D eigenvalue weighted by Gasteiger charge is -2.24. The number of carbonyl (C=O) groups excluding carboxylic acids is 1. The number of anilines is 2. The molecule has 0 aliphatic carbocycles. The lowest BCUT2D eigenvalue weighted by atomic mass is 10.1. The summed E-state index contributed by atoms with van der Waals surface area (Å²) in [7, 11) is 4.15. The molecule has 1 aromatic heterocycles. The highest BCUT2D eigenvalue weighted by molar-refractivity contribution is 6.06. The zero-order chi connectivity index (χ0) is 27.9. The van der Waals surface area contributed by atoms with Gasteiger partial charge in [-0.15, -0.1) is 0 Å². The van der Waals surface area contributed by atoms with E-state index in [0.717, 1.165) is 37.2 Å². The monoisotopic (exact) mass is 553 g/mol. The average Bonchev–Trinajstić information content (AvgIpc) is 2.93. The second-order valence-electron chi connectivity index (χ2n) is 9.15. The standard InChI is InChI=1S/C29H39N5O2.C2H6.2CH4.H2/c1-6-17-34(28(35)26-20-31-29(30-7-2)32-22(26)3)25-15-11-12-23(19-25)21-36-27(16-18-33(4)5)24-13-9-8-10-14-24;1-2;;;/h8-15,19-20,27H,6-7,16-18,21H2,1-5H3,(H,30,31,32);1-2H3;2*1H4;1H/t27-;;;;/m0..../s1. The zero-order valence-corrected chi connectivity index (χ0v) is 24.2. The maximum atomic E-state index is 13.5. The number of aryl methyl sites for hydroxylation is 1. The molecular weight excluding hydrogens is 498 g/mol. The summed E-state index contributed by atoms with van der Waals surface area (Å²) in [6, 6.07) is 18.4. The highest BCUT2D eigenvalue weighted by atomic mass is 16.5. The number of nitrogens with zero attached hydrogens (tertiary/aromatic N) is 4. The van der Waals surface area contributed by atoms with Crippen molar-refractivity contribution in [2.24, 2.45) is 0 Å². The van der Waals surface area contributed by atoms with Gasteiger partial charge in [-0.05, 0) is 64.0 Å². The minimum absolute atomic E-state index is 0. The third-order valence-corrected chi connectivity index (χ3v) is 5.92. The van der Waals surface area contributed by atoms with Crippen molar-refractivity contribution in [3.05, 3.63) is 83.2 Å². The van der Waals surface area contributed by atoms with Gasteiger partial charge in [0.2, 0.25) is 5.95 Å². The van der Waals surface area contributed by atoms with Crippen molar-refractivity contribution in [2.45, 2.75) is 75.0 Å². The van der Waals surface area contributed by atoms with E-state index in [1.807, 2.05) is 75.1 Å². The summed E-state index contributed by atoms with van der Waals surface area (Å²) in [5.41, 5.74) is 4.23. The number of benzene rings is 2. The first-order chi connectivity index (χ1) is 18.4. The Hall–Kier alpha value is -3.29. The number of hydrogen-bond acceptors (Lipinski definition) is 6. The van der Waals surface area contributed by atoms with Gasteiger partial charge in [-0.2, -0.15) is 0 Å². The van der Waals surface area contributed by atoms with Gasteiger partial charge in [0.25, 0.3) is 5.91 Å². The molecule has 0 aliphatic heterocycles. The lowest BCUT2D eigenvalue weighted by Crippen LogP contribution is -2.32. The van der Waals surface area contributed by atoms with Crippen LogP contribution < -0.4 is 10.2 Å². The summed E-state index contributed by atoms with van der Waals surface area (Å²) >= 11 is 0. The summed E-state index contributed by atoms with van der Waals surface area (Å²) in [6.45, 7) is 12.6. The second kappa shape index (κ2) is 19.7. The van der Waals surface area contributed by atoms with Crippen LogP contribution in [0.3, 0.4) is 0 Å². The average molecular weight is 554 g/mol. The number of hydrogen-bond donors (Lipinski definition) is 1. The van der Waals surface area contributed by atoms with E-state index in [2.05, 4.69) is 53.3 Å². The lowest BCUT2D eigenvalue weighted by molar-refractivity contribution is 0.0296. The number of aromatic nitrogens is 2. The first-order valence-corrected chi connectivity index (χ1v) is 13.7. The topological polar surface area (TPSA) is 70.6 Å². The van der Waals surface area contributed by atoms with E-state index in [4.69, 9.17) is 4.74 Å². The van der Waals surface area contributed by atoms with Crippen LogP contribution in [0.15, 0.2) is 60.8 Å². The molecule has 224 valence electrons. The first-order valence-electron chi connectivity index (χ1n) is 13.7. The van der Waals surface area contributed by atoms with E-state index in [0.29, 0.717) is 30.4 Å². The number of ether oxygens (including phenoxy) is 1. The van der Waals surface area contributed by atoms with E-state index in [1.54, 1.807) is 6.20 Å². The Kier molecular flexibility index (Phi) is 18.1. The molecule has 3 rings (SSSR count). The molecule has 40 heavy (non-hydrogen) atoms. The molecule has 0 unspecified atom stereocenters. The van der Waals surface area contributed by atoms with Gasteiger partial charge in [0.1, 0.15) is 0 Å². The van der Waals surface area contributed by atoms with Crippen LogP contribution in [0.2, 0.25) is 0 Å². The van der Waals surface area contributed by atoms with Crippen molar-refractivity contribution in [1.29, 1.82) is 0 Å². The summed E-state index contributed by atoms with van der Waals surface area (Å²) in [4.78, 5) is 26.3. The predicted octanol–water partition coefficient (Wildman–Crippen LogP) is 8.03. The largest absolute Gasteiger partial charge is 0.369 e. The SMILES string of the molecule is C.C.CC.CCCN(C(=O)c1cnc(NCC)nc1C)c1cccc(CO[C@@H](CCN(C)C)c2ccccc2)c1.[HH]. The smallest absolute Gasteiger partial charge is 0.261 e. The van der Waals surface area contributed by atoms with Crippen molar-refractivity contribution in [2.75, 3.05) is 43.9 Å². The fraction of sp³-hybridized carbons (Fsp3) is 0.485. The maximum absolute atomic E-state index is 13.5. The predicted molar refractivity (Wildman–Crippen MR) is 173 cm³/mol. The van der Waals surface area contributed by atoms with Gasteiger partial charge in [-0.1, -0.05) is 78.1 Å². The Labute approximate surface area is 245 Å². The van der Waals surface area contributed by atoms with E-state index in [-0.39, 0.29) is 28.3 Å². The van der Waals surface area contributed by atoms with Crippen LogP contribution in [0.25, 0.3) is 0 Å². The van der Waals surface area contributed by atoms with Crippen LogP contribution in [-0.2, 0) is 11.3 Å². The van der Waals surface area contributed by atoms with Crippen molar-refractivity contribution in [1.82, 2.24) is 14.9 Å². The molecule has 3 aromatic rings. The van der Waals surface area contributed by atoms with Crippen LogP contribution >= 0.6 is 0 Å². The van der Waals surface area contributed by atoms with Gasteiger partial charge < -0.3 is 19.9 Å². The Morgan fingerprint density at radius 1 is 1.02 bits per heavy atom. The molecule has 0 bridgehead atoms. The van der Waals surface area contributed by atoms with Gasteiger partial charge in [-0.25, -0.2) is 9.97 Å². The van der Waals surface area contributed by atoms with Crippen LogP contribution in [0.1, 0.15) is 90.1 Å². The minimum Gasteiger partial charge on any atom is -0.369 e. The molecule has 0 saturated carbocycles. The van der Waals surface area contributed by atoms with Crippen molar-refractivity contribution in [3.63, 3.8) is 0 Å². The van der Waals surface area contributed by atoms with Crippen molar-refractivity contribution < 1.29 is 11.0 Å². The van der Waals surface area contributed by atoms with E-state index in [1.165, 1.54) is 5.56 Å². The van der Waals surface area contributed by atoms with Crippen LogP contribution in [0, 0.1) is 6.92 Å². The van der Waals surface area contributed by atoms with Gasteiger partial charge in [-0.3, -0.25) is 4.79 Å². The number of rotatable bonds is 13. The Balaban J connectivity index is 0. The number of amides is 1. The molecule has 0 radical (unpaired) electrons. The molecule has 7 heteroatoms. The summed E-state index contributed by atoms with van der Waals surface area (Å²) in [5, 5.41) is 3.09. The second-order valence-corrected chi connectivity index (χ2v) is 9.15. The molecule has 1 N–H and O–H groups in total. The third kappa shape index (κ3) is 11.1. The van der Waals surface area contributed by atoms with Crippen molar-refractivity contribution in [3.8, 4) is 0 Å². The van der Waals surface area contributed by atoms with Crippen LogP contribution in [0.5, 0.6) is 0 Å². The molecular formula is C33H55N5O2. The Bertz CT molecular complexity index is 1110. The van der Waals surface area contributed by atoms with Gasteiger partial charge in [0, 0.05) is 32.9 Å². The fourth-order valence-corrected chi connectivity index (χ4v) is 4.04. The minimum atomic E-state index is -0.0939. The number of carbonyl (C=O) groups is 1. The zero-order valence-electron chi connectivity index (χ0n) is 24.2. The third-order valence-electron chi connectivity index (χ3n) is 5.92. The van der Waals surface area contributed by atoms with E-state index >= 15 is 0 Å². The first kappa shape index (κ1) is 36.7.